The Balaban J connectivity index is 1.30. The second kappa shape index (κ2) is 9.08. The summed E-state index contributed by atoms with van der Waals surface area (Å²) in [5.74, 6) is -0.841. The Morgan fingerprint density at radius 2 is 2.09 bits per heavy atom. The van der Waals surface area contributed by atoms with Crippen LogP contribution in [-0.4, -0.2) is 47.6 Å². The molecule has 34 heavy (non-hydrogen) atoms. The van der Waals surface area contributed by atoms with Gasteiger partial charge in [0.15, 0.2) is 0 Å². The molecule has 0 aromatic heterocycles. The fourth-order valence-electron chi connectivity index (χ4n) is 6.22. The number of hydrogen-bond donors (Lipinski definition) is 2. The Morgan fingerprint density at radius 3 is 2.82 bits per heavy atom. The normalized spacial score (nSPS) is 31.0. The summed E-state index contributed by atoms with van der Waals surface area (Å²) in [6, 6.07) is 3.56. The van der Waals surface area contributed by atoms with Crippen LogP contribution in [0, 0.1) is 11.2 Å². The highest BCUT2D eigenvalue weighted by atomic mass is 19.1. The van der Waals surface area contributed by atoms with Crippen LogP contribution in [0.4, 0.5) is 4.39 Å². The van der Waals surface area contributed by atoms with Gasteiger partial charge in [-0.15, -0.1) is 0 Å². The van der Waals surface area contributed by atoms with Gasteiger partial charge in [0.25, 0.3) is 5.91 Å². The van der Waals surface area contributed by atoms with Crippen molar-refractivity contribution in [3.8, 4) is 0 Å². The van der Waals surface area contributed by atoms with Crippen molar-refractivity contribution in [1.29, 1.82) is 0 Å². The maximum Gasteiger partial charge on any atom is 0.255 e. The number of rotatable bonds is 5. The Bertz CT molecular complexity index is 1010. The lowest BCUT2D eigenvalue weighted by molar-refractivity contribution is -0.126. The molecule has 4 atom stereocenters. The molecule has 0 spiro atoms. The first-order valence-electron chi connectivity index (χ1n) is 12.7. The smallest absolute Gasteiger partial charge is 0.255 e. The molecular weight excluding hydrogens is 433 g/mol. The number of nitrogens with one attached hydrogen (secondary N) is 2. The second-order valence-electron chi connectivity index (χ2n) is 11.3. The molecule has 1 aromatic rings. The van der Waals surface area contributed by atoms with Crippen molar-refractivity contribution < 1.29 is 18.7 Å². The second-order valence-corrected chi connectivity index (χ2v) is 11.3. The number of carbonyl (C=O) groups is 2. The summed E-state index contributed by atoms with van der Waals surface area (Å²) in [5.41, 5.74) is 2.38. The van der Waals surface area contributed by atoms with Gasteiger partial charge in [-0.2, -0.15) is 0 Å². The van der Waals surface area contributed by atoms with Crippen molar-refractivity contribution in [3.63, 3.8) is 0 Å². The molecule has 2 N–H and O–H groups in total. The zero-order valence-electron chi connectivity index (χ0n) is 20.3. The summed E-state index contributed by atoms with van der Waals surface area (Å²) in [5, 5.41) is 6.55. The summed E-state index contributed by atoms with van der Waals surface area (Å²) < 4.78 is 21.8. The number of piperidine rings is 1. The minimum atomic E-state index is -0.584. The van der Waals surface area contributed by atoms with E-state index in [4.69, 9.17) is 4.74 Å². The molecule has 0 bridgehead atoms. The fraction of sp³-hybridized carbons (Fsp3) is 0.630. The van der Waals surface area contributed by atoms with Crippen molar-refractivity contribution >= 4 is 11.8 Å². The van der Waals surface area contributed by atoms with Crippen LogP contribution in [-0.2, 0) is 22.5 Å². The Morgan fingerprint density at radius 1 is 1.26 bits per heavy atom. The van der Waals surface area contributed by atoms with Gasteiger partial charge < -0.3 is 20.3 Å². The molecule has 3 heterocycles. The Labute approximate surface area is 201 Å². The third-order valence-corrected chi connectivity index (χ3v) is 8.12. The number of ether oxygens (including phenoxy) is 1. The van der Waals surface area contributed by atoms with E-state index in [1.165, 1.54) is 17.7 Å². The lowest BCUT2D eigenvalue weighted by Gasteiger charge is -2.35. The molecule has 6 nitrogen and oxygen atoms in total. The lowest BCUT2D eigenvalue weighted by Crippen LogP contribution is -2.49. The van der Waals surface area contributed by atoms with Crippen LogP contribution in [0.5, 0.6) is 0 Å². The van der Waals surface area contributed by atoms with E-state index in [0.29, 0.717) is 59.7 Å². The number of hydrogen-bond acceptors (Lipinski definition) is 4. The third kappa shape index (κ3) is 4.52. The van der Waals surface area contributed by atoms with E-state index >= 15 is 4.39 Å². The van der Waals surface area contributed by atoms with Crippen LogP contribution in [0.1, 0.15) is 80.3 Å². The van der Waals surface area contributed by atoms with E-state index in [-0.39, 0.29) is 36.3 Å². The van der Waals surface area contributed by atoms with Crippen LogP contribution in [0.3, 0.4) is 0 Å². The molecule has 184 valence electrons. The number of amides is 2. The molecule has 5 rings (SSSR count). The van der Waals surface area contributed by atoms with Crippen molar-refractivity contribution in [3.05, 3.63) is 46.9 Å². The number of allylic oxidation sites excluding steroid dienone is 1. The summed E-state index contributed by atoms with van der Waals surface area (Å²) in [4.78, 5) is 26.9. The predicted molar refractivity (Wildman–Crippen MR) is 128 cm³/mol. The number of nitrogens with zero attached hydrogens (tertiary/aromatic N) is 1. The fourth-order valence-corrected chi connectivity index (χ4v) is 6.22. The molecule has 1 aliphatic carbocycles. The molecule has 7 heteroatoms. The molecule has 2 amide bonds. The highest BCUT2D eigenvalue weighted by Gasteiger charge is 2.40. The van der Waals surface area contributed by atoms with Crippen LogP contribution in [0.2, 0.25) is 0 Å². The van der Waals surface area contributed by atoms with Gasteiger partial charge >= 0.3 is 0 Å². The van der Waals surface area contributed by atoms with E-state index in [0.717, 1.165) is 19.3 Å². The van der Waals surface area contributed by atoms with Crippen molar-refractivity contribution in [2.45, 2.75) is 96.0 Å². The molecule has 1 unspecified atom stereocenters. The van der Waals surface area contributed by atoms with Gasteiger partial charge in [0.05, 0.1) is 12.6 Å². The molecule has 4 aliphatic rings. The molecule has 0 radical (unpaired) electrons. The number of halogens is 1. The van der Waals surface area contributed by atoms with Gasteiger partial charge in [0, 0.05) is 41.9 Å². The number of fused-ring (bicyclic) bond motifs is 1. The standard InChI is InChI=1S/C27H36FN3O3/c1-16-6-9-22(25(32)29-16)31-15-20-19(26(31)33)8-7-17(24(20)28)13-23-21(5-4-12-34-23)30-18-10-11-27(2,3)14-18/h7-8,18,21-23,30H,1,4-6,9-15H2,2-3H3,(H,29,32)/t18-,21-,22?,23+/m0/s1. The van der Waals surface area contributed by atoms with Crippen molar-refractivity contribution in [2.24, 2.45) is 5.41 Å². The monoisotopic (exact) mass is 469 g/mol. The van der Waals surface area contributed by atoms with Gasteiger partial charge in [-0.3, -0.25) is 9.59 Å². The van der Waals surface area contributed by atoms with E-state index in [1.54, 1.807) is 12.1 Å². The first-order valence-corrected chi connectivity index (χ1v) is 12.7. The minimum absolute atomic E-state index is 0.0895. The highest BCUT2D eigenvalue weighted by molar-refractivity contribution is 6.01. The lowest BCUT2D eigenvalue weighted by atomic mass is 9.91. The van der Waals surface area contributed by atoms with Gasteiger partial charge in [-0.05, 0) is 62.0 Å². The predicted octanol–water partition coefficient (Wildman–Crippen LogP) is 3.83. The molecule has 2 saturated heterocycles. The summed E-state index contributed by atoms with van der Waals surface area (Å²) in [6.45, 7) is 9.26. The zero-order chi connectivity index (χ0) is 24.0. The molecule has 3 fully saturated rings. The van der Waals surface area contributed by atoms with Gasteiger partial charge in [-0.1, -0.05) is 26.5 Å². The first kappa shape index (κ1) is 23.5. The minimum Gasteiger partial charge on any atom is -0.376 e. The average Bonchev–Trinajstić information content (AvgIpc) is 3.30. The molecule has 1 aromatic carbocycles. The van der Waals surface area contributed by atoms with Gasteiger partial charge in [0.2, 0.25) is 5.91 Å². The first-order chi connectivity index (χ1) is 16.2. The van der Waals surface area contributed by atoms with E-state index < -0.39 is 6.04 Å². The highest BCUT2D eigenvalue weighted by Crippen LogP contribution is 2.38. The number of carbonyl (C=O) groups excluding carboxylic acids is 2. The Kier molecular flexibility index (Phi) is 6.27. The SMILES string of the molecule is C=C1CCC(N2Cc3c(ccc(C[C@H]4OCCC[C@@H]4N[C@H]4CCC(C)(C)C4)c3F)C2=O)C(=O)N1. The van der Waals surface area contributed by atoms with Crippen molar-refractivity contribution in [2.75, 3.05) is 6.61 Å². The average molecular weight is 470 g/mol. The largest absolute Gasteiger partial charge is 0.376 e. The van der Waals surface area contributed by atoms with E-state index in [9.17, 15) is 9.59 Å². The zero-order valence-corrected chi connectivity index (χ0v) is 20.3. The van der Waals surface area contributed by atoms with E-state index in [1.807, 2.05) is 0 Å². The van der Waals surface area contributed by atoms with E-state index in [2.05, 4.69) is 31.1 Å². The van der Waals surface area contributed by atoms with Crippen LogP contribution in [0.15, 0.2) is 24.4 Å². The molecule has 3 aliphatic heterocycles. The maximum atomic E-state index is 15.7. The van der Waals surface area contributed by atoms with Gasteiger partial charge in [0.1, 0.15) is 11.9 Å². The topological polar surface area (TPSA) is 70.7 Å². The number of benzene rings is 1. The van der Waals surface area contributed by atoms with Crippen LogP contribution >= 0.6 is 0 Å². The summed E-state index contributed by atoms with van der Waals surface area (Å²) in [6.07, 6.45) is 7.11. The van der Waals surface area contributed by atoms with Crippen molar-refractivity contribution in [1.82, 2.24) is 15.5 Å². The van der Waals surface area contributed by atoms with Crippen LogP contribution in [0.25, 0.3) is 0 Å². The Hall–Kier alpha value is -2.25. The quantitative estimate of drug-likeness (QED) is 0.688. The van der Waals surface area contributed by atoms with Crippen LogP contribution < -0.4 is 10.6 Å². The van der Waals surface area contributed by atoms with Gasteiger partial charge in [-0.25, -0.2) is 4.39 Å². The maximum absolute atomic E-state index is 15.7. The summed E-state index contributed by atoms with van der Waals surface area (Å²) in [7, 11) is 0. The summed E-state index contributed by atoms with van der Waals surface area (Å²) >= 11 is 0. The third-order valence-electron chi connectivity index (χ3n) is 8.12. The molecule has 1 saturated carbocycles. The molecular formula is C27H36FN3O3.